The van der Waals surface area contributed by atoms with Gasteiger partial charge >= 0.3 is 50.5 Å². The van der Waals surface area contributed by atoms with Crippen LogP contribution in [0.1, 0.15) is 81.6 Å². The molecule has 33 heavy (non-hydrogen) atoms. The number of aliphatic carboxylic acids is 3. The third-order valence-electron chi connectivity index (χ3n) is 3.19. The van der Waals surface area contributed by atoms with Gasteiger partial charge in [-0.1, -0.05) is 41.5 Å². The average molecular weight is 508 g/mol. The zero-order valence-electron chi connectivity index (χ0n) is 20.9. The van der Waals surface area contributed by atoms with Crippen molar-refractivity contribution in [2.24, 2.45) is 17.8 Å². The molecule has 10 nitrogen and oxygen atoms in total. The Bertz CT molecular complexity index is 555. The van der Waals surface area contributed by atoms with E-state index < -0.39 is 37.2 Å². The molecule has 0 N–H and O–H groups in total. The minimum atomic E-state index is -1.30. The second-order valence-corrected chi connectivity index (χ2v) is 9.04. The summed E-state index contributed by atoms with van der Waals surface area (Å²) in [5, 5.41) is 29.3. The smallest absolute Gasteiger partial charge is 0.141 e. The molecule has 0 heterocycles. The van der Waals surface area contributed by atoms with E-state index in [1.54, 1.807) is 62.4 Å². The van der Waals surface area contributed by atoms with Gasteiger partial charge in [0.05, 0.1) is 0 Å². The van der Waals surface area contributed by atoms with Crippen molar-refractivity contribution in [1.29, 1.82) is 0 Å². The van der Waals surface area contributed by atoms with E-state index in [0.29, 0.717) is 0 Å². The molecule has 0 saturated carbocycles. The molecule has 0 unspecified atom stereocenters. The van der Waals surface area contributed by atoms with Gasteiger partial charge in [-0.2, -0.15) is 0 Å². The van der Waals surface area contributed by atoms with Crippen LogP contribution < -0.4 is 15.3 Å². The quantitative estimate of drug-likeness (QED) is 0.286. The predicted octanol–water partition coefficient (Wildman–Crippen LogP) is -0.682. The summed E-state index contributed by atoms with van der Waals surface area (Å²) in [4.78, 5) is 60.9. The van der Waals surface area contributed by atoms with Crippen LogP contribution in [0.15, 0.2) is 0 Å². The summed E-state index contributed by atoms with van der Waals surface area (Å²) in [6.07, 6.45) is -1.38. The summed E-state index contributed by atoms with van der Waals surface area (Å²) in [6.45, 7) is 16.0. The Kier molecular flexibility index (Phi) is 24.0. The second-order valence-electron chi connectivity index (χ2n) is 8.72. The first-order chi connectivity index (χ1) is 14.7. The summed E-state index contributed by atoms with van der Waals surface area (Å²) < 4.78 is 4.94. The Balaban J connectivity index is -0.000000172. The van der Waals surface area contributed by atoms with Gasteiger partial charge in [0.2, 0.25) is 0 Å². The molecule has 0 aliphatic carbocycles. The zero-order chi connectivity index (χ0) is 27.5. The van der Waals surface area contributed by atoms with Crippen molar-refractivity contribution < 1.29 is 68.2 Å². The Morgan fingerprint density at radius 2 is 0.758 bits per heavy atom. The topological polar surface area (TPSA) is 181 Å². The van der Waals surface area contributed by atoms with Gasteiger partial charge in [-0.05, 0) is 0 Å². The molecule has 0 amide bonds. The van der Waals surface area contributed by atoms with Crippen molar-refractivity contribution in [2.75, 3.05) is 0 Å². The van der Waals surface area contributed by atoms with Crippen LogP contribution in [0.25, 0.3) is 0 Å². The van der Waals surface area contributed by atoms with E-state index in [0.717, 1.165) is 0 Å². The van der Waals surface area contributed by atoms with E-state index in [9.17, 15) is 44.1 Å². The molecule has 0 fully saturated rings. The van der Waals surface area contributed by atoms with Crippen LogP contribution in [0.4, 0.5) is 0 Å². The van der Waals surface area contributed by atoms with Crippen molar-refractivity contribution >= 4 is 35.3 Å². The first-order valence-corrected chi connectivity index (χ1v) is 10.8. The van der Waals surface area contributed by atoms with Gasteiger partial charge in [-0.3, -0.25) is 14.4 Å². The number of hydrogen-bond donors (Lipinski definition) is 0. The van der Waals surface area contributed by atoms with Gasteiger partial charge in [-0.25, -0.2) is 0 Å². The Hall–Kier alpha value is -1.91. The number of carboxylic acids is 3. The first kappa shape index (κ1) is 38.4. The summed E-state index contributed by atoms with van der Waals surface area (Å²) in [5.74, 6) is -5.36. The van der Waals surface area contributed by atoms with Gasteiger partial charge in [0.15, 0.2) is 0 Å². The molecule has 0 aromatic carbocycles. The third-order valence-corrected chi connectivity index (χ3v) is 4.15. The first-order valence-electron chi connectivity index (χ1n) is 10.2. The molecular formula is C22H36O10Ti. The Labute approximate surface area is 208 Å². The monoisotopic (exact) mass is 508 g/mol. The van der Waals surface area contributed by atoms with Crippen LogP contribution in [0.5, 0.6) is 0 Å². The van der Waals surface area contributed by atoms with Crippen LogP contribution in [0.2, 0.25) is 0 Å². The van der Waals surface area contributed by atoms with Gasteiger partial charge in [0.1, 0.15) is 17.3 Å². The zero-order valence-corrected chi connectivity index (χ0v) is 22.5. The van der Waals surface area contributed by atoms with E-state index in [1.807, 2.05) is 20.8 Å². The molecule has 0 aliphatic rings. The Morgan fingerprint density at radius 3 is 0.788 bits per heavy atom. The standard InChI is InChI=1S/3C6H10O3.C4H9O.Ti/c3*1-4(2)5(7)3-6(8)9;1-4(2,3)5;/h3*4H,3H2,1-2H3,(H,8,9);1-3H3;/q;;;-1;+4/p-3. The molecule has 188 valence electrons. The SMILES string of the molecule is CC(C)(C)[O][Ti+3].CC(C)C(=O)CC(=O)[O-].CC(C)C(=O)CC(=O)[O-].CC(C)C(=O)CC(=O)[O-]. The fourth-order valence-corrected chi connectivity index (χ4v) is 1.04. The van der Waals surface area contributed by atoms with Crippen LogP contribution in [-0.4, -0.2) is 40.9 Å². The number of rotatable bonds is 9. The summed E-state index contributed by atoms with van der Waals surface area (Å²) >= 11 is 1.71. The maximum atomic E-state index is 10.5. The van der Waals surface area contributed by atoms with Crippen LogP contribution in [-0.2, 0) is 52.9 Å². The molecule has 11 heteroatoms. The number of ketones is 3. The normalized spacial score (nSPS) is 10.1. The van der Waals surface area contributed by atoms with Gasteiger partial charge < -0.3 is 29.7 Å². The average Bonchev–Trinajstić information content (AvgIpc) is 2.60. The van der Waals surface area contributed by atoms with Crippen LogP contribution in [0.3, 0.4) is 0 Å². The summed E-state index contributed by atoms with van der Waals surface area (Å²) in [7, 11) is 0. The molecule has 0 spiro atoms. The van der Waals surface area contributed by atoms with Crippen molar-refractivity contribution in [3.8, 4) is 0 Å². The molecule has 0 radical (unpaired) electrons. The third kappa shape index (κ3) is 37.7. The van der Waals surface area contributed by atoms with Crippen LogP contribution in [0, 0.1) is 17.8 Å². The van der Waals surface area contributed by atoms with Gasteiger partial charge in [0, 0.05) is 54.9 Å². The van der Waals surface area contributed by atoms with E-state index in [1.165, 1.54) is 0 Å². The summed E-state index contributed by atoms with van der Waals surface area (Å²) in [5.41, 5.74) is 0.0417. The largest absolute Gasteiger partial charge is 0.550 e. The van der Waals surface area contributed by atoms with Crippen LogP contribution >= 0.6 is 0 Å². The molecule has 0 saturated heterocycles. The molecule has 0 rings (SSSR count). The Morgan fingerprint density at radius 1 is 0.606 bits per heavy atom. The maximum Gasteiger partial charge on any atom is 0.141 e. The predicted molar refractivity (Wildman–Crippen MR) is 109 cm³/mol. The number of carboxylic acid groups (broad SMARTS) is 3. The minimum Gasteiger partial charge on any atom is -0.550 e. The van der Waals surface area contributed by atoms with Crippen molar-refractivity contribution in [3.05, 3.63) is 0 Å². The molecule has 0 atom stereocenters. The number of carbonyl (C=O) groups excluding carboxylic acids is 6. The summed E-state index contributed by atoms with van der Waals surface area (Å²) in [6, 6.07) is 0. The van der Waals surface area contributed by atoms with Crippen molar-refractivity contribution in [2.45, 2.75) is 87.2 Å². The molecule has 0 aromatic rings. The van der Waals surface area contributed by atoms with Gasteiger partial charge in [0.25, 0.3) is 0 Å². The van der Waals surface area contributed by atoms with E-state index in [2.05, 4.69) is 0 Å². The fraction of sp³-hybridized carbons (Fsp3) is 0.727. The number of hydrogen-bond acceptors (Lipinski definition) is 10. The van der Waals surface area contributed by atoms with E-state index in [4.69, 9.17) is 3.32 Å². The molecule has 0 aliphatic heterocycles. The number of carbonyl (C=O) groups is 6. The maximum absolute atomic E-state index is 10.5. The van der Waals surface area contributed by atoms with Gasteiger partial charge in [-0.15, -0.1) is 0 Å². The molecule has 0 bridgehead atoms. The van der Waals surface area contributed by atoms with E-state index >= 15 is 0 Å². The number of Topliss-reactive ketones (excluding diaryl/α,β-unsaturated/α-hetero) is 3. The van der Waals surface area contributed by atoms with Crippen molar-refractivity contribution in [1.82, 2.24) is 0 Å². The van der Waals surface area contributed by atoms with Crippen molar-refractivity contribution in [3.63, 3.8) is 0 Å². The van der Waals surface area contributed by atoms with E-state index in [-0.39, 0.29) is 40.7 Å². The minimum absolute atomic E-state index is 0.0417. The fourth-order valence-electron chi connectivity index (χ4n) is 1.04. The second kappa shape index (κ2) is 20.7. The molecule has 0 aromatic heterocycles. The molecular weight excluding hydrogens is 472 g/mol.